The number of alkyl halides is 3. The van der Waals surface area contributed by atoms with Gasteiger partial charge in [0.15, 0.2) is 0 Å². The molecule has 1 aromatic rings. The summed E-state index contributed by atoms with van der Waals surface area (Å²) in [5, 5.41) is 3.13. The van der Waals surface area contributed by atoms with Gasteiger partial charge in [0.05, 0.1) is 11.5 Å². The Morgan fingerprint density at radius 2 is 1.79 bits per heavy atom. The second-order valence-electron chi connectivity index (χ2n) is 5.55. The smallest absolute Gasteiger partial charge is 0.365 e. The predicted molar refractivity (Wildman–Crippen MR) is 68.2 cm³/mol. The van der Waals surface area contributed by atoms with E-state index in [-0.39, 0.29) is 25.4 Å². The summed E-state index contributed by atoms with van der Waals surface area (Å²) in [5.74, 6) is 0. The van der Waals surface area contributed by atoms with Crippen molar-refractivity contribution in [3.8, 4) is 0 Å². The lowest BCUT2D eigenvalue weighted by atomic mass is 10.0. The number of hydrogen-bond donors (Lipinski definition) is 1. The first kappa shape index (κ1) is 12.8. The molecule has 104 valence electrons. The molecule has 19 heavy (non-hydrogen) atoms. The van der Waals surface area contributed by atoms with Gasteiger partial charge in [-0.05, 0) is 25.0 Å². The minimum atomic E-state index is -4.09. The number of nitrogens with zero attached hydrogens (tertiary/aromatic N) is 1. The van der Waals surface area contributed by atoms with Gasteiger partial charge in [-0.2, -0.15) is 13.2 Å². The summed E-state index contributed by atoms with van der Waals surface area (Å²) in [6, 6.07) is 9.61. The standard InChI is InChI=1S/C14H17F3N2/c15-14(16,17)13(6-7-13)10-19(12-8-18-9-12)11-4-2-1-3-5-11/h1-5,12,18H,6-10H2. The van der Waals surface area contributed by atoms with Gasteiger partial charge in [-0.3, -0.25) is 0 Å². The minimum absolute atomic E-state index is 0.0901. The lowest BCUT2D eigenvalue weighted by Gasteiger charge is -2.42. The van der Waals surface area contributed by atoms with E-state index in [0.717, 1.165) is 18.8 Å². The third kappa shape index (κ3) is 2.31. The van der Waals surface area contributed by atoms with Crippen LogP contribution in [0.1, 0.15) is 12.8 Å². The number of para-hydroxylation sites is 1. The fraction of sp³-hybridized carbons (Fsp3) is 0.571. The molecular weight excluding hydrogens is 253 g/mol. The summed E-state index contributed by atoms with van der Waals surface area (Å²) in [7, 11) is 0. The van der Waals surface area contributed by atoms with E-state index in [0.29, 0.717) is 0 Å². The van der Waals surface area contributed by atoms with Gasteiger partial charge in [0.1, 0.15) is 0 Å². The van der Waals surface area contributed by atoms with Crippen LogP contribution in [-0.2, 0) is 0 Å². The van der Waals surface area contributed by atoms with E-state index < -0.39 is 11.6 Å². The van der Waals surface area contributed by atoms with Crippen LogP contribution in [0.25, 0.3) is 0 Å². The number of hydrogen-bond acceptors (Lipinski definition) is 2. The lowest BCUT2D eigenvalue weighted by molar-refractivity contribution is -0.184. The summed E-state index contributed by atoms with van der Waals surface area (Å²) in [6.45, 7) is 1.62. The van der Waals surface area contributed by atoms with E-state index in [9.17, 15) is 13.2 Å². The molecule has 2 aliphatic rings. The fourth-order valence-electron chi connectivity index (χ4n) is 2.55. The third-order valence-electron chi connectivity index (χ3n) is 4.22. The first-order valence-corrected chi connectivity index (χ1v) is 6.61. The van der Waals surface area contributed by atoms with Gasteiger partial charge in [0.2, 0.25) is 0 Å². The van der Waals surface area contributed by atoms with E-state index in [1.807, 2.05) is 35.2 Å². The molecule has 3 rings (SSSR count). The van der Waals surface area contributed by atoms with Crippen molar-refractivity contribution in [2.24, 2.45) is 5.41 Å². The average Bonchev–Trinajstić information content (AvgIpc) is 3.07. The highest BCUT2D eigenvalue weighted by molar-refractivity contribution is 5.48. The zero-order chi connectivity index (χ0) is 13.5. The maximum atomic E-state index is 13.1. The van der Waals surface area contributed by atoms with Crippen molar-refractivity contribution < 1.29 is 13.2 Å². The van der Waals surface area contributed by atoms with Crippen LogP contribution in [0.3, 0.4) is 0 Å². The highest BCUT2D eigenvalue weighted by atomic mass is 19.4. The molecule has 0 radical (unpaired) electrons. The number of nitrogens with one attached hydrogen (secondary N) is 1. The second-order valence-corrected chi connectivity index (χ2v) is 5.55. The van der Waals surface area contributed by atoms with Crippen LogP contribution in [-0.4, -0.2) is 31.9 Å². The molecule has 0 amide bonds. The monoisotopic (exact) mass is 270 g/mol. The molecule has 1 aliphatic heterocycles. The van der Waals surface area contributed by atoms with Crippen molar-refractivity contribution in [2.75, 3.05) is 24.5 Å². The van der Waals surface area contributed by atoms with Crippen LogP contribution in [0.15, 0.2) is 30.3 Å². The van der Waals surface area contributed by atoms with E-state index in [1.165, 1.54) is 0 Å². The fourth-order valence-corrected chi connectivity index (χ4v) is 2.55. The van der Waals surface area contributed by atoms with Gasteiger partial charge in [-0.1, -0.05) is 18.2 Å². The Bertz CT molecular complexity index is 436. The molecule has 1 saturated carbocycles. The van der Waals surface area contributed by atoms with Crippen molar-refractivity contribution in [2.45, 2.75) is 25.1 Å². The summed E-state index contributed by atoms with van der Waals surface area (Å²) in [5.41, 5.74) is -0.581. The van der Waals surface area contributed by atoms with Crippen molar-refractivity contribution in [3.05, 3.63) is 30.3 Å². The molecular formula is C14H17F3N2. The lowest BCUT2D eigenvalue weighted by Crippen LogP contribution is -2.59. The topological polar surface area (TPSA) is 15.3 Å². The van der Waals surface area contributed by atoms with E-state index >= 15 is 0 Å². The minimum Gasteiger partial charge on any atom is -0.365 e. The second kappa shape index (κ2) is 4.40. The summed E-state index contributed by atoms with van der Waals surface area (Å²) in [4.78, 5) is 1.93. The molecule has 1 saturated heterocycles. The predicted octanol–water partition coefficient (Wildman–Crippen LogP) is 2.81. The molecule has 0 aromatic heterocycles. The van der Waals surface area contributed by atoms with Crippen molar-refractivity contribution in [1.82, 2.24) is 5.32 Å². The number of benzene rings is 1. The van der Waals surface area contributed by atoms with Crippen LogP contribution < -0.4 is 10.2 Å². The largest absolute Gasteiger partial charge is 0.396 e. The zero-order valence-electron chi connectivity index (χ0n) is 10.6. The Morgan fingerprint density at radius 1 is 1.16 bits per heavy atom. The maximum Gasteiger partial charge on any atom is 0.396 e. The number of anilines is 1. The molecule has 2 nitrogen and oxygen atoms in total. The Labute approximate surface area is 110 Å². The Balaban J connectivity index is 1.81. The molecule has 1 N–H and O–H groups in total. The van der Waals surface area contributed by atoms with Gasteiger partial charge in [0.25, 0.3) is 0 Å². The van der Waals surface area contributed by atoms with E-state index in [1.54, 1.807) is 0 Å². The van der Waals surface area contributed by atoms with Crippen LogP contribution in [0, 0.1) is 5.41 Å². The molecule has 1 aromatic carbocycles. The summed E-state index contributed by atoms with van der Waals surface area (Å²) < 4.78 is 39.3. The molecule has 0 spiro atoms. The third-order valence-corrected chi connectivity index (χ3v) is 4.22. The van der Waals surface area contributed by atoms with Crippen LogP contribution in [0.5, 0.6) is 0 Å². The molecule has 1 heterocycles. The quantitative estimate of drug-likeness (QED) is 0.905. The van der Waals surface area contributed by atoms with Crippen molar-refractivity contribution in [1.29, 1.82) is 0 Å². The maximum absolute atomic E-state index is 13.1. The normalized spacial score (nSPS) is 21.8. The van der Waals surface area contributed by atoms with Gasteiger partial charge in [-0.15, -0.1) is 0 Å². The summed E-state index contributed by atoms with van der Waals surface area (Å²) in [6.07, 6.45) is -3.56. The molecule has 0 unspecified atom stereocenters. The zero-order valence-corrected chi connectivity index (χ0v) is 10.6. The summed E-state index contributed by atoms with van der Waals surface area (Å²) >= 11 is 0. The first-order chi connectivity index (χ1) is 9.02. The Morgan fingerprint density at radius 3 is 2.21 bits per heavy atom. The molecule has 2 fully saturated rings. The number of rotatable bonds is 4. The highest BCUT2D eigenvalue weighted by Gasteiger charge is 2.64. The van der Waals surface area contributed by atoms with E-state index in [2.05, 4.69) is 5.32 Å². The molecule has 0 atom stereocenters. The van der Waals surface area contributed by atoms with Crippen molar-refractivity contribution >= 4 is 5.69 Å². The molecule has 0 bridgehead atoms. The number of halogens is 3. The van der Waals surface area contributed by atoms with Crippen LogP contribution in [0.2, 0.25) is 0 Å². The van der Waals surface area contributed by atoms with Gasteiger partial charge >= 0.3 is 6.18 Å². The van der Waals surface area contributed by atoms with Crippen LogP contribution in [0.4, 0.5) is 18.9 Å². The highest BCUT2D eigenvalue weighted by Crippen LogP contribution is 2.58. The van der Waals surface area contributed by atoms with Crippen LogP contribution >= 0.6 is 0 Å². The Kier molecular flexibility index (Phi) is 2.96. The first-order valence-electron chi connectivity index (χ1n) is 6.61. The van der Waals surface area contributed by atoms with Gasteiger partial charge in [0, 0.05) is 25.3 Å². The SMILES string of the molecule is FC(F)(F)C1(CN(c2ccccc2)C2CNC2)CC1. The van der Waals surface area contributed by atoms with Gasteiger partial charge < -0.3 is 10.2 Å². The molecule has 5 heteroatoms. The van der Waals surface area contributed by atoms with E-state index in [4.69, 9.17) is 0 Å². The molecule has 1 aliphatic carbocycles. The van der Waals surface area contributed by atoms with Gasteiger partial charge in [-0.25, -0.2) is 0 Å². The Hall–Kier alpha value is -1.23. The average molecular weight is 270 g/mol. The van der Waals surface area contributed by atoms with Crippen molar-refractivity contribution in [3.63, 3.8) is 0 Å².